The Morgan fingerprint density at radius 2 is 1.94 bits per heavy atom. The maximum atomic E-state index is 13.8. The molecule has 1 aliphatic heterocycles. The van der Waals surface area contributed by atoms with E-state index in [2.05, 4.69) is 4.98 Å². The van der Waals surface area contributed by atoms with Crippen molar-refractivity contribution in [2.24, 2.45) is 0 Å². The van der Waals surface area contributed by atoms with Gasteiger partial charge in [-0.05, 0) is 5.56 Å². The molecule has 3 heterocycles. The van der Waals surface area contributed by atoms with Gasteiger partial charge in [0.15, 0.2) is 0 Å². The third-order valence-electron chi connectivity index (χ3n) is 5.07. The number of H-pyrrole nitrogens is 1. The summed E-state index contributed by atoms with van der Waals surface area (Å²) in [5, 5.41) is 0. The van der Waals surface area contributed by atoms with Crippen molar-refractivity contribution in [2.45, 2.75) is 38.4 Å². The monoisotopic (exact) mass is 471 g/mol. The molecule has 4 rings (SSSR count). The number of esters is 1. The summed E-state index contributed by atoms with van der Waals surface area (Å²) in [6.07, 6.45) is -1.54. The number of halogens is 1. The average molecular weight is 471 g/mol. The lowest BCUT2D eigenvalue weighted by Crippen LogP contribution is -2.34. The normalized spacial score (nSPS) is 19.5. The summed E-state index contributed by atoms with van der Waals surface area (Å²) in [6, 6.07) is 14.6. The minimum atomic E-state index is -1.13. The Labute approximate surface area is 192 Å². The molecule has 1 unspecified atom stereocenters. The van der Waals surface area contributed by atoms with E-state index in [4.69, 9.17) is 18.9 Å². The fourth-order valence-electron chi connectivity index (χ4n) is 3.45. The van der Waals surface area contributed by atoms with E-state index in [9.17, 15) is 18.8 Å². The van der Waals surface area contributed by atoms with Crippen molar-refractivity contribution in [1.29, 1.82) is 0 Å². The van der Waals surface area contributed by atoms with E-state index in [1.807, 2.05) is 35.3 Å². The summed E-state index contributed by atoms with van der Waals surface area (Å²) in [6.45, 7) is 1.42. The van der Waals surface area contributed by atoms with E-state index in [0.717, 1.165) is 16.3 Å². The lowest BCUT2D eigenvalue weighted by atomic mass is 10.2. The summed E-state index contributed by atoms with van der Waals surface area (Å²) in [5.41, 5.74) is -0.986. The minimum Gasteiger partial charge on any atom is -0.473 e. The first-order chi connectivity index (χ1) is 16.4. The lowest BCUT2D eigenvalue weighted by Gasteiger charge is -2.19. The molecule has 34 heavy (non-hydrogen) atoms. The van der Waals surface area contributed by atoms with Crippen molar-refractivity contribution >= 4 is 5.97 Å². The second-order valence-electron chi connectivity index (χ2n) is 7.56. The molecule has 1 aromatic carbocycles. The molecule has 0 aliphatic carbocycles. The molecule has 1 fully saturated rings. The lowest BCUT2D eigenvalue weighted by molar-refractivity contribution is -0.147. The van der Waals surface area contributed by atoms with Crippen molar-refractivity contribution in [3.05, 3.63) is 86.9 Å². The highest BCUT2D eigenvalue weighted by molar-refractivity contribution is 5.65. The van der Waals surface area contributed by atoms with E-state index in [1.165, 1.54) is 6.92 Å². The van der Waals surface area contributed by atoms with Crippen molar-refractivity contribution < 1.29 is 28.1 Å². The molecule has 178 valence electrons. The molecule has 1 N–H and O–H groups in total. The number of ether oxygens (including phenoxy) is 4. The number of nitrogens with one attached hydrogen (secondary N) is 1. The molecule has 0 bridgehead atoms. The molecule has 0 amide bonds. The van der Waals surface area contributed by atoms with E-state index < -0.39 is 41.5 Å². The quantitative estimate of drug-likeness (QED) is 0.495. The van der Waals surface area contributed by atoms with Crippen LogP contribution in [-0.4, -0.2) is 39.3 Å². The smallest absolute Gasteiger partial charge is 0.330 e. The predicted molar refractivity (Wildman–Crippen MR) is 116 cm³/mol. The molecular formula is C23H22FN3O7. The Hall–Kier alpha value is -3.99. The van der Waals surface area contributed by atoms with Crippen LogP contribution in [0, 0.1) is 5.82 Å². The third-order valence-corrected chi connectivity index (χ3v) is 5.07. The SMILES string of the molecule is CC(=O)OC[C@@H]1O[C@H](n2cc(F)c(=O)[nH]c2=O)CC1Oc1cccc(OCc2ccccc2)n1. The number of aromatic amines is 1. The fourth-order valence-corrected chi connectivity index (χ4v) is 3.45. The maximum Gasteiger partial charge on any atom is 0.330 e. The molecule has 10 nitrogen and oxygen atoms in total. The molecule has 11 heteroatoms. The first-order valence-corrected chi connectivity index (χ1v) is 10.5. The van der Waals surface area contributed by atoms with Crippen LogP contribution in [0.5, 0.6) is 11.8 Å². The fraction of sp³-hybridized carbons (Fsp3) is 0.304. The molecular weight excluding hydrogens is 449 g/mol. The Kier molecular flexibility index (Phi) is 7.02. The number of hydrogen-bond acceptors (Lipinski definition) is 8. The summed E-state index contributed by atoms with van der Waals surface area (Å²) in [7, 11) is 0. The zero-order chi connectivity index (χ0) is 24.1. The third kappa shape index (κ3) is 5.67. The minimum absolute atomic E-state index is 0.105. The van der Waals surface area contributed by atoms with Crippen LogP contribution < -0.4 is 20.7 Å². The predicted octanol–water partition coefficient (Wildman–Crippen LogP) is 1.95. The first kappa shape index (κ1) is 23.2. The highest BCUT2D eigenvalue weighted by Crippen LogP contribution is 2.31. The van der Waals surface area contributed by atoms with Crippen LogP contribution in [0.2, 0.25) is 0 Å². The second kappa shape index (κ2) is 10.3. The summed E-state index contributed by atoms with van der Waals surface area (Å²) < 4.78 is 37.2. The zero-order valence-electron chi connectivity index (χ0n) is 18.2. The van der Waals surface area contributed by atoms with Crippen LogP contribution in [0.15, 0.2) is 64.3 Å². The highest BCUT2D eigenvalue weighted by Gasteiger charge is 2.39. The first-order valence-electron chi connectivity index (χ1n) is 10.5. The second-order valence-corrected chi connectivity index (χ2v) is 7.56. The number of pyridine rings is 1. The van der Waals surface area contributed by atoms with Crippen molar-refractivity contribution in [3.8, 4) is 11.8 Å². The largest absolute Gasteiger partial charge is 0.473 e. The van der Waals surface area contributed by atoms with Crippen LogP contribution in [0.1, 0.15) is 25.1 Å². The number of nitrogens with zero attached hydrogens (tertiary/aromatic N) is 2. The molecule has 0 saturated carbocycles. The molecule has 1 aliphatic rings. The van der Waals surface area contributed by atoms with E-state index in [-0.39, 0.29) is 18.9 Å². The summed E-state index contributed by atoms with van der Waals surface area (Å²) >= 11 is 0. The van der Waals surface area contributed by atoms with Crippen LogP contribution in [0.4, 0.5) is 4.39 Å². The molecule has 0 spiro atoms. The van der Waals surface area contributed by atoms with Gasteiger partial charge in [-0.3, -0.25) is 19.1 Å². The average Bonchev–Trinajstić information content (AvgIpc) is 3.22. The summed E-state index contributed by atoms with van der Waals surface area (Å²) in [4.78, 5) is 41.0. The maximum absolute atomic E-state index is 13.8. The van der Waals surface area contributed by atoms with Gasteiger partial charge in [0.2, 0.25) is 17.6 Å². The van der Waals surface area contributed by atoms with Gasteiger partial charge in [-0.25, -0.2) is 4.79 Å². The molecule has 3 aromatic rings. The molecule has 2 aromatic heterocycles. The Balaban J connectivity index is 1.49. The number of rotatable bonds is 8. The standard InChI is InChI=1S/C23H22FN3O7/c1-14(28)31-13-18-17(10-21(34-18)27-11-16(24)22(29)26-23(27)30)33-20-9-5-8-19(25-20)32-12-15-6-3-2-4-7-15/h2-9,11,17-18,21H,10,12-13H2,1H3,(H,26,29,30)/t17?,18-,21-/m0/s1. The molecule has 3 atom stereocenters. The van der Waals surface area contributed by atoms with Gasteiger partial charge in [0.05, 0.1) is 6.20 Å². The van der Waals surface area contributed by atoms with Gasteiger partial charge < -0.3 is 18.9 Å². The van der Waals surface area contributed by atoms with E-state index in [1.54, 1.807) is 18.2 Å². The summed E-state index contributed by atoms with van der Waals surface area (Å²) in [5.74, 6) is -1.08. The number of carbonyl (C=O) groups excluding carboxylic acids is 1. The topological polar surface area (TPSA) is 122 Å². The van der Waals surface area contributed by atoms with E-state index >= 15 is 0 Å². The van der Waals surface area contributed by atoms with Crippen LogP contribution in [0.3, 0.4) is 0 Å². The van der Waals surface area contributed by atoms with E-state index in [0.29, 0.717) is 12.5 Å². The van der Waals surface area contributed by atoms with Gasteiger partial charge in [-0.1, -0.05) is 36.4 Å². The van der Waals surface area contributed by atoms with Gasteiger partial charge in [0, 0.05) is 25.5 Å². The van der Waals surface area contributed by atoms with Crippen LogP contribution >= 0.6 is 0 Å². The Morgan fingerprint density at radius 3 is 2.71 bits per heavy atom. The van der Waals surface area contributed by atoms with Crippen molar-refractivity contribution in [2.75, 3.05) is 6.61 Å². The Morgan fingerprint density at radius 1 is 1.18 bits per heavy atom. The van der Waals surface area contributed by atoms with Gasteiger partial charge in [-0.15, -0.1) is 0 Å². The van der Waals surface area contributed by atoms with Crippen molar-refractivity contribution in [3.63, 3.8) is 0 Å². The Bertz CT molecular complexity index is 1260. The number of hydrogen-bond donors (Lipinski definition) is 1. The van der Waals surface area contributed by atoms with Crippen LogP contribution in [-0.2, 0) is 20.9 Å². The number of benzene rings is 1. The number of carbonyl (C=O) groups is 1. The van der Waals surface area contributed by atoms with Gasteiger partial charge >= 0.3 is 11.7 Å². The van der Waals surface area contributed by atoms with Gasteiger partial charge in [0.1, 0.15) is 31.6 Å². The van der Waals surface area contributed by atoms with Crippen LogP contribution in [0.25, 0.3) is 0 Å². The van der Waals surface area contributed by atoms with Crippen molar-refractivity contribution in [1.82, 2.24) is 14.5 Å². The van der Waals surface area contributed by atoms with Gasteiger partial charge in [0.25, 0.3) is 5.56 Å². The number of aromatic nitrogens is 3. The molecule has 0 radical (unpaired) electrons. The highest BCUT2D eigenvalue weighted by atomic mass is 19.1. The molecule has 1 saturated heterocycles. The zero-order valence-corrected chi connectivity index (χ0v) is 18.2. The van der Waals surface area contributed by atoms with Gasteiger partial charge in [-0.2, -0.15) is 9.37 Å².